The van der Waals surface area contributed by atoms with Gasteiger partial charge in [-0.1, -0.05) is 12.1 Å². The fraction of sp³-hybridized carbons (Fsp3) is 0.273. The third-order valence-corrected chi connectivity index (χ3v) is 2.94. The third kappa shape index (κ3) is 3.80. The summed E-state index contributed by atoms with van der Waals surface area (Å²) in [6.45, 7) is 0. The molecule has 16 heavy (non-hydrogen) atoms. The summed E-state index contributed by atoms with van der Waals surface area (Å²) in [6, 6.07) is 7.50. The maximum absolute atomic E-state index is 11.3. The van der Waals surface area contributed by atoms with Crippen molar-refractivity contribution in [1.82, 2.24) is 0 Å². The maximum atomic E-state index is 11.3. The van der Waals surface area contributed by atoms with Gasteiger partial charge in [-0.2, -0.15) is 0 Å². The molecule has 1 rings (SSSR count). The van der Waals surface area contributed by atoms with Crippen LogP contribution in [0.1, 0.15) is 24.3 Å². The highest BCUT2D eigenvalue weighted by Crippen LogP contribution is 2.22. The lowest BCUT2D eigenvalue weighted by Gasteiger charge is -2.12. The van der Waals surface area contributed by atoms with Gasteiger partial charge in [0, 0.05) is 9.99 Å². The van der Waals surface area contributed by atoms with Gasteiger partial charge in [-0.15, -0.1) is 0 Å². The number of carbonyl (C=O) groups is 2. The van der Waals surface area contributed by atoms with E-state index in [2.05, 4.69) is 22.6 Å². The summed E-state index contributed by atoms with van der Waals surface area (Å²) in [5.41, 5.74) is 11.2. The fourth-order valence-electron chi connectivity index (χ4n) is 1.48. The molecule has 1 unspecified atom stereocenters. The summed E-state index contributed by atoms with van der Waals surface area (Å²) in [7, 11) is 0. The van der Waals surface area contributed by atoms with E-state index in [-0.39, 0.29) is 6.42 Å². The zero-order valence-electron chi connectivity index (χ0n) is 8.65. The molecule has 0 aliphatic rings. The van der Waals surface area contributed by atoms with Gasteiger partial charge in [0.15, 0.2) is 0 Å². The van der Waals surface area contributed by atoms with Crippen molar-refractivity contribution in [2.24, 2.45) is 11.5 Å². The topological polar surface area (TPSA) is 86.2 Å². The van der Waals surface area contributed by atoms with Crippen molar-refractivity contribution in [3.63, 3.8) is 0 Å². The molecule has 0 bridgehead atoms. The number of primary amides is 2. The Morgan fingerprint density at radius 3 is 2.50 bits per heavy atom. The van der Waals surface area contributed by atoms with E-state index in [0.29, 0.717) is 6.42 Å². The quantitative estimate of drug-likeness (QED) is 0.792. The van der Waals surface area contributed by atoms with E-state index < -0.39 is 17.7 Å². The molecular formula is C11H13IN2O2. The van der Waals surface area contributed by atoms with E-state index in [0.717, 1.165) is 9.13 Å². The monoisotopic (exact) mass is 332 g/mol. The van der Waals surface area contributed by atoms with Crippen molar-refractivity contribution in [3.8, 4) is 0 Å². The Bertz CT molecular complexity index is 407. The number of carbonyl (C=O) groups excluding carboxylic acids is 2. The van der Waals surface area contributed by atoms with Gasteiger partial charge in [0.2, 0.25) is 11.8 Å². The van der Waals surface area contributed by atoms with Crippen LogP contribution in [0.5, 0.6) is 0 Å². The van der Waals surface area contributed by atoms with E-state index in [1.54, 1.807) is 0 Å². The van der Waals surface area contributed by atoms with Crippen molar-refractivity contribution >= 4 is 34.4 Å². The van der Waals surface area contributed by atoms with Crippen LogP contribution >= 0.6 is 22.6 Å². The SMILES string of the molecule is NC(=O)CCC(C(N)=O)c1cccc(I)c1. The van der Waals surface area contributed by atoms with Crippen LogP contribution in [0, 0.1) is 3.57 Å². The fourth-order valence-corrected chi connectivity index (χ4v) is 2.05. The second-order valence-electron chi connectivity index (χ2n) is 3.51. The van der Waals surface area contributed by atoms with Crippen LogP contribution in [0.15, 0.2) is 24.3 Å². The lowest BCUT2D eigenvalue weighted by molar-refractivity contribution is -0.120. The van der Waals surface area contributed by atoms with Crippen LogP contribution in [-0.4, -0.2) is 11.8 Å². The number of hydrogen-bond donors (Lipinski definition) is 2. The predicted octanol–water partition coefficient (Wildman–Crippen LogP) is 1.13. The van der Waals surface area contributed by atoms with Gasteiger partial charge in [-0.3, -0.25) is 9.59 Å². The molecule has 5 heteroatoms. The second kappa shape index (κ2) is 5.83. The molecule has 86 valence electrons. The predicted molar refractivity (Wildman–Crippen MR) is 69.5 cm³/mol. The number of hydrogen-bond acceptors (Lipinski definition) is 2. The maximum Gasteiger partial charge on any atom is 0.224 e. The Morgan fingerprint density at radius 2 is 2.00 bits per heavy atom. The molecule has 0 aromatic heterocycles. The minimum Gasteiger partial charge on any atom is -0.370 e. The first kappa shape index (κ1) is 13.0. The largest absolute Gasteiger partial charge is 0.370 e. The Morgan fingerprint density at radius 1 is 1.31 bits per heavy atom. The highest BCUT2D eigenvalue weighted by atomic mass is 127. The summed E-state index contributed by atoms with van der Waals surface area (Å²) in [5.74, 6) is -1.29. The molecular weight excluding hydrogens is 319 g/mol. The zero-order valence-corrected chi connectivity index (χ0v) is 10.8. The van der Waals surface area contributed by atoms with Crippen LogP contribution < -0.4 is 11.5 Å². The number of rotatable bonds is 5. The van der Waals surface area contributed by atoms with Crippen LogP contribution in [-0.2, 0) is 9.59 Å². The highest BCUT2D eigenvalue weighted by molar-refractivity contribution is 14.1. The van der Waals surface area contributed by atoms with Crippen LogP contribution in [0.4, 0.5) is 0 Å². The van der Waals surface area contributed by atoms with Crippen molar-refractivity contribution in [2.75, 3.05) is 0 Å². The van der Waals surface area contributed by atoms with Gasteiger partial charge in [-0.25, -0.2) is 0 Å². The molecule has 0 spiro atoms. The Hall–Kier alpha value is -1.11. The van der Waals surface area contributed by atoms with Crippen LogP contribution in [0.3, 0.4) is 0 Å². The van der Waals surface area contributed by atoms with E-state index >= 15 is 0 Å². The summed E-state index contributed by atoms with van der Waals surface area (Å²) in [6.07, 6.45) is 0.532. The van der Waals surface area contributed by atoms with Gasteiger partial charge < -0.3 is 11.5 Å². The third-order valence-electron chi connectivity index (χ3n) is 2.27. The molecule has 1 atom stereocenters. The van der Waals surface area contributed by atoms with Crippen molar-refractivity contribution in [3.05, 3.63) is 33.4 Å². The zero-order chi connectivity index (χ0) is 12.1. The molecule has 0 saturated heterocycles. The van der Waals surface area contributed by atoms with Gasteiger partial charge in [-0.05, 0) is 46.7 Å². The minimum atomic E-state index is -0.442. The van der Waals surface area contributed by atoms with Crippen molar-refractivity contribution in [2.45, 2.75) is 18.8 Å². The first-order valence-electron chi connectivity index (χ1n) is 4.84. The lowest BCUT2D eigenvalue weighted by atomic mass is 9.93. The van der Waals surface area contributed by atoms with Crippen LogP contribution in [0.25, 0.3) is 0 Å². The van der Waals surface area contributed by atoms with Crippen molar-refractivity contribution in [1.29, 1.82) is 0 Å². The number of benzene rings is 1. The van der Waals surface area contributed by atoms with Crippen molar-refractivity contribution < 1.29 is 9.59 Å². The van der Waals surface area contributed by atoms with E-state index in [9.17, 15) is 9.59 Å². The first-order valence-corrected chi connectivity index (χ1v) is 5.91. The average Bonchev–Trinajstić information content (AvgIpc) is 2.17. The summed E-state index contributed by atoms with van der Waals surface area (Å²) >= 11 is 2.16. The average molecular weight is 332 g/mol. The van der Waals surface area contributed by atoms with Gasteiger partial charge in [0.05, 0.1) is 5.92 Å². The Labute approximate surface area is 108 Å². The number of amides is 2. The lowest BCUT2D eigenvalue weighted by Crippen LogP contribution is -2.23. The summed E-state index contributed by atoms with van der Waals surface area (Å²) < 4.78 is 1.03. The second-order valence-corrected chi connectivity index (χ2v) is 4.76. The molecule has 4 N–H and O–H groups in total. The number of halogens is 1. The standard InChI is InChI=1S/C11H13IN2O2/c12-8-3-1-2-7(6-8)9(11(14)16)4-5-10(13)15/h1-3,6,9H,4-5H2,(H2,13,15)(H2,14,16). The minimum absolute atomic E-state index is 0.166. The number of nitrogens with two attached hydrogens (primary N) is 2. The van der Waals surface area contributed by atoms with E-state index in [1.165, 1.54) is 0 Å². The first-order chi connectivity index (χ1) is 7.50. The molecule has 1 aromatic rings. The molecule has 0 saturated carbocycles. The molecule has 0 radical (unpaired) electrons. The molecule has 0 aliphatic heterocycles. The van der Waals surface area contributed by atoms with Gasteiger partial charge in [0.1, 0.15) is 0 Å². The van der Waals surface area contributed by atoms with Gasteiger partial charge >= 0.3 is 0 Å². The Balaban J connectivity index is 2.85. The van der Waals surface area contributed by atoms with Crippen LogP contribution in [0.2, 0.25) is 0 Å². The van der Waals surface area contributed by atoms with E-state index in [4.69, 9.17) is 11.5 Å². The molecule has 0 aliphatic carbocycles. The molecule has 0 heterocycles. The molecule has 2 amide bonds. The molecule has 4 nitrogen and oxygen atoms in total. The molecule has 0 fully saturated rings. The normalized spacial score (nSPS) is 12.1. The summed E-state index contributed by atoms with van der Waals surface area (Å²) in [5, 5.41) is 0. The smallest absolute Gasteiger partial charge is 0.224 e. The van der Waals surface area contributed by atoms with Gasteiger partial charge in [0.25, 0.3) is 0 Å². The highest BCUT2D eigenvalue weighted by Gasteiger charge is 2.18. The summed E-state index contributed by atoms with van der Waals surface area (Å²) in [4.78, 5) is 22.0. The Kier molecular flexibility index (Phi) is 4.72. The molecule has 1 aromatic carbocycles. The van der Waals surface area contributed by atoms with E-state index in [1.807, 2.05) is 24.3 Å².